The molecule has 8 heteroatoms. The lowest BCUT2D eigenvalue weighted by Crippen LogP contribution is -2.00. The van der Waals surface area contributed by atoms with Crippen molar-refractivity contribution in [2.24, 2.45) is 0 Å². The third-order valence-electron chi connectivity index (χ3n) is 3.77. The highest BCUT2D eigenvalue weighted by Gasteiger charge is 2.11. The number of rotatable bonds is 4. The molecule has 2 aromatic carbocycles. The number of aromatic hydroxyl groups is 1. The molecule has 0 atom stereocenters. The zero-order chi connectivity index (χ0) is 18.1. The van der Waals surface area contributed by atoms with Crippen LogP contribution in [0.5, 0.6) is 5.75 Å². The first-order chi connectivity index (χ1) is 12.6. The molecule has 0 saturated heterocycles. The van der Waals surface area contributed by atoms with E-state index in [1.165, 1.54) is 23.9 Å². The molecule has 4 aromatic rings. The first-order valence-corrected chi connectivity index (χ1v) is 9.01. The molecule has 0 aliphatic carbocycles. The number of aromatic nitrogens is 3. The molecule has 0 fully saturated rings. The van der Waals surface area contributed by atoms with E-state index in [-0.39, 0.29) is 5.75 Å². The van der Waals surface area contributed by atoms with Crippen molar-refractivity contribution in [1.82, 2.24) is 14.8 Å². The van der Waals surface area contributed by atoms with Gasteiger partial charge in [-0.2, -0.15) is 0 Å². The molecule has 130 valence electrons. The van der Waals surface area contributed by atoms with Crippen LogP contribution in [0.15, 0.2) is 69.2 Å². The van der Waals surface area contributed by atoms with Gasteiger partial charge in [0.1, 0.15) is 17.7 Å². The van der Waals surface area contributed by atoms with Gasteiger partial charge >= 0.3 is 5.63 Å². The molecule has 0 radical (unpaired) electrons. The fourth-order valence-corrected chi connectivity index (χ4v) is 3.71. The quantitative estimate of drug-likeness (QED) is 0.422. The molecular formula is C18H12ClN3O3S. The Bertz CT molecular complexity index is 1160. The summed E-state index contributed by atoms with van der Waals surface area (Å²) in [4.78, 5) is 11.8. The Hall–Kier alpha value is -2.77. The minimum absolute atomic E-state index is 0.0474. The highest BCUT2D eigenvalue weighted by atomic mass is 35.5. The van der Waals surface area contributed by atoms with Gasteiger partial charge in [0.25, 0.3) is 0 Å². The largest absolute Gasteiger partial charge is 0.508 e. The number of nitrogens with zero attached hydrogens (tertiary/aromatic N) is 3. The van der Waals surface area contributed by atoms with E-state index < -0.39 is 5.63 Å². The molecular weight excluding hydrogens is 374 g/mol. The van der Waals surface area contributed by atoms with Crippen LogP contribution in [0.25, 0.3) is 16.7 Å². The number of hydrogen-bond acceptors (Lipinski definition) is 6. The highest BCUT2D eigenvalue weighted by Crippen LogP contribution is 2.28. The van der Waals surface area contributed by atoms with Gasteiger partial charge in [-0.1, -0.05) is 29.4 Å². The van der Waals surface area contributed by atoms with Crippen molar-refractivity contribution in [3.05, 3.63) is 75.9 Å². The first-order valence-electron chi connectivity index (χ1n) is 7.65. The number of halogens is 1. The SMILES string of the molecule is O=c1cc(CSc2nncn2-c2cccc(Cl)c2)c2ccc(O)cc2o1. The lowest BCUT2D eigenvalue weighted by atomic mass is 10.1. The minimum atomic E-state index is -0.463. The second-order valence-electron chi connectivity index (χ2n) is 5.52. The summed E-state index contributed by atoms with van der Waals surface area (Å²) in [5.74, 6) is 0.540. The van der Waals surface area contributed by atoms with Gasteiger partial charge in [-0.3, -0.25) is 4.57 Å². The van der Waals surface area contributed by atoms with E-state index in [0.29, 0.717) is 21.5 Å². The van der Waals surface area contributed by atoms with E-state index in [4.69, 9.17) is 16.0 Å². The zero-order valence-electron chi connectivity index (χ0n) is 13.3. The van der Waals surface area contributed by atoms with E-state index in [1.54, 1.807) is 24.5 Å². The van der Waals surface area contributed by atoms with Crippen LogP contribution in [0.1, 0.15) is 5.56 Å². The number of fused-ring (bicyclic) bond motifs is 1. The van der Waals surface area contributed by atoms with Gasteiger partial charge < -0.3 is 9.52 Å². The molecule has 6 nitrogen and oxygen atoms in total. The van der Waals surface area contributed by atoms with Crippen molar-refractivity contribution in [1.29, 1.82) is 0 Å². The molecule has 0 spiro atoms. The second kappa shape index (κ2) is 6.86. The Morgan fingerprint density at radius 3 is 2.92 bits per heavy atom. The van der Waals surface area contributed by atoms with Gasteiger partial charge in [0, 0.05) is 28.3 Å². The van der Waals surface area contributed by atoms with Gasteiger partial charge in [0.15, 0.2) is 5.16 Å². The smallest absolute Gasteiger partial charge is 0.336 e. The van der Waals surface area contributed by atoms with Gasteiger partial charge in [-0.05, 0) is 35.9 Å². The van der Waals surface area contributed by atoms with Crippen LogP contribution in [-0.4, -0.2) is 19.9 Å². The Labute approximate surface area is 157 Å². The summed E-state index contributed by atoms with van der Waals surface area (Å²) < 4.78 is 6.98. The standard InChI is InChI=1S/C18H12ClN3O3S/c19-12-2-1-3-13(7-12)22-10-20-21-18(22)26-9-11-6-17(24)25-16-8-14(23)4-5-15(11)16/h1-8,10,23H,9H2. The van der Waals surface area contributed by atoms with E-state index in [1.807, 2.05) is 22.8 Å². The van der Waals surface area contributed by atoms with E-state index in [0.717, 1.165) is 16.6 Å². The molecule has 0 bridgehead atoms. The highest BCUT2D eigenvalue weighted by molar-refractivity contribution is 7.98. The molecule has 0 saturated carbocycles. The Balaban J connectivity index is 1.66. The number of phenols is 1. The van der Waals surface area contributed by atoms with Crippen LogP contribution >= 0.6 is 23.4 Å². The molecule has 2 aromatic heterocycles. The summed E-state index contributed by atoms with van der Waals surface area (Å²) in [5, 5.41) is 19.8. The molecule has 0 unspecified atom stereocenters. The molecule has 2 heterocycles. The van der Waals surface area contributed by atoms with E-state index in [9.17, 15) is 9.90 Å². The lowest BCUT2D eigenvalue weighted by Gasteiger charge is -2.08. The predicted molar refractivity (Wildman–Crippen MR) is 100 cm³/mol. The fraction of sp³-hybridized carbons (Fsp3) is 0.0556. The van der Waals surface area contributed by atoms with Gasteiger partial charge in [-0.25, -0.2) is 4.79 Å². The number of phenolic OH excluding ortho intramolecular Hbond substituents is 1. The Morgan fingerprint density at radius 1 is 1.19 bits per heavy atom. The Kier molecular flexibility index (Phi) is 4.40. The summed E-state index contributed by atoms with van der Waals surface area (Å²) in [6.45, 7) is 0. The maximum absolute atomic E-state index is 11.8. The monoisotopic (exact) mass is 385 g/mol. The summed E-state index contributed by atoms with van der Waals surface area (Å²) in [6, 6.07) is 13.6. The lowest BCUT2D eigenvalue weighted by molar-refractivity contribution is 0.473. The van der Waals surface area contributed by atoms with Crippen molar-refractivity contribution in [3.63, 3.8) is 0 Å². The normalized spacial score (nSPS) is 11.1. The topological polar surface area (TPSA) is 81.2 Å². The summed E-state index contributed by atoms with van der Waals surface area (Å²) in [7, 11) is 0. The molecule has 0 aliphatic rings. The van der Waals surface area contributed by atoms with Crippen molar-refractivity contribution < 1.29 is 9.52 Å². The number of thioether (sulfide) groups is 1. The molecule has 4 rings (SSSR count). The van der Waals surface area contributed by atoms with Crippen LogP contribution in [0, 0.1) is 0 Å². The van der Waals surface area contributed by atoms with Crippen LogP contribution in [-0.2, 0) is 5.75 Å². The number of hydrogen-bond donors (Lipinski definition) is 1. The van der Waals surface area contributed by atoms with Crippen LogP contribution < -0.4 is 5.63 Å². The van der Waals surface area contributed by atoms with E-state index in [2.05, 4.69) is 10.2 Å². The van der Waals surface area contributed by atoms with Crippen molar-refractivity contribution in [2.45, 2.75) is 10.9 Å². The molecule has 1 N–H and O–H groups in total. The summed E-state index contributed by atoms with van der Waals surface area (Å²) >= 11 is 7.49. The average Bonchev–Trinajstić information content (AvgIpc) is 3.07. The van der Waals surface area contributed by atoms with Crippen LogP contribution in [0.3, 0.4) is 0 Å². The molecule has 0 aliphatic heterocycles. The van der Waals surface area contributed by atoms with Gasteiger partial charge in [-0.15, -0.1) is 10.2 Å². The third-order valence-corrected chi connectivity index (χ3v) is 5.00. The zero-order valence-corrected chi connectivity index (χ0v) is 14.9. The summed E-state index contributed by atoms with van der Waals surface area (Å²) in [5.41, 5.74) is 1.54. The average molecular weight is 386 g/mol. The first kappa shape index (κ1) is 16.7. The predicted octanol–water partition coefficient (Wildman–Crippen LogP) is 4.03. The summed E-state index contributed by atoms with van der Waals surface area (Å²) in [6.07, 6.45) is 1.61. The third kappa shape index (κ3) is 3.31. The number of benzene rings is 2. The maximum atomic E-state index is 11.8. The minimum Gasteiger partial charge on any atom is -0.508 e. The maximum Gasteiger partial charge on any atom is 0.336 e. The fourth-order valence-electron chi connectivity index (χ4n) is 2.61. The van der Waals surface area contributed by atoms with E-state index >= 15 is 0 Å². The molecule has 0 amide bonds. The Morgan fingerprint density at radius 2 is 2.08 bits per heavy atom. The van der Waals surface area contributed by atoms with Crippen LogP contribution in [0.4, 0.5) is 0 Å². The van der Waals surface area contributed by atoms with Crippen molar-refractivity contribution >= 4 is 34.3 Å². The van der Waals surface area contributed by atoms with Crippen molar-refractivity contribution in [2.75, 3.05) is 0 Å². The van der Waals surface area contributed by atoms with Crippen LogP contribution in [0.2, 0.25) is 5.02 Å². The second-order valence-corrected chi connectivity index (χ2v) is 6.90. The van der Waals surface area contributed by atoms with Gasteiger partial charge in [0.05, 0.1) is 5.69 Å². The molecule has 26 heavy (non-hydrogen) atoms. The van der Waals surface area contributed by atoms with Crippen molar-refractivity contribution in [3.8, 4) is 11.4 Å². The van der Waals surface area contributed by atoms with Gasteiger partial charge in [0.2, 0.25) is 0 Å².